The van der Waals surface area contributed by atoms with E-state index >= 15 is 0 Å². The lowest BCUT2D eigenvalue weighted by atomic mass is 10.1. The monoisotopic (exact) mass is 350 g/mol. The number of hydrogen-bond acceptors (Lipinski definition) is 3. The average Bonchev–Trinajstić information content (AvgIpc) is 3.00. The highest BCUT2D eigenvalue weighted by atomic mass is 35.5. The van der Waals surface area contributed by atoms with Gasteiger partial charge in [0.1, 0.15) is 6.10 Å². The van der Waals surface area contributed by atoms with Gasteiger partial charge >= 0.3 is 5.97 Å². The van der Waals surface area contributed by atoms with Crippen LogP contribution < -0.4 is 0 Å². The Morgan fingerprint density at radius 2 is 2.26 bits per heavy atom. The Balaban J connectivity index is 2.14. The van der Waals surface area contributed by atoms with Gasteiger partial charge in [-0.15, -0.1) is 12.3 Å². The number of carbonyl (C=O) groups is 1. The number of benzene rings is 1. The van der Waals surface area contributed by atoms with Crippen LogP contribution in [0.4, 0.5) is 0 Å². The third kappa shape index (κ3) is 5.31. The zero-order valence-electron chi connectivity index (χ0n) is 12.4. The molecule has 0 aliphatic rings. The van der Waals surface area contributed by atoms with E-state index in [0.29, 0.717) is 35.0 Å². The van der Waals surface area contributed by atoms with Crippen molar-refractivity contribution in [2.24, 2.45) is 0 Å². The van der Waals surface area contributed by atoms with Gasteiger partial charge in [0.25, 0.3) is 0 Å². The molecule has 0 fully saturated rings. The van der Waals surface area contributed by atoms with Gasteiger partial charge in [-0.2, -0.15) is 0 Å². The molecule has 0 aliphatic heterocycles. The molecule has 1 atom stereocenters. The highest BCUT2D eigenvalue weighted by molar-refractivity contribution is 6.35. The van der Waals surface area contributed by atoms with Crippen LogP contribution in [-0.2, 0) is 16.1 Å². The minimum absolute atomic E-state index is 0.274. The predicted octanol–water partition coefficient (Wildman–Crippen LogP) is 4.28. The summed E-state index contributed by atoms with van der Waals surface area (Å²) >= 11 is 12.2. The number of terminal acetylenes is 1. The molecule has 6 heteroatoms. The number of carbonyl (C=O) groups excluding carboxylic acids is 1. The van der Waals surface area contributed by atoms with E-state index in [0.717, 1.165) is 0 Å². The van der Waals surface area contributed by atoms with Crippen LogP contribution >= 0.6 is 23.2 Å². The largest absolute Gasteiger partial charge is 0.455 e. The lowest BCUT2D eigenvalue weighted by molar-refractivity contribution is -0.150. The first-order valence-corrected chi connectivity index (χ1v) is 7.89. The molecule has 0 spiro atoms. The van der Waals surface area contributed by atoms with Gasteiger partial charge in [-0.25, -0.2) is 4.98 Å². The van der Waals surface area contributed by atoms with Gasteiger partial charge in [-0.3, -0.25) is 4.79 Å². The fourth-order valence-electron chi connectivity index (χ4n) is 2.10. The Morgan fingerprint density at radius 3 is 2.91 bits per heavy atom. The maximum absolute atomic E-state index is 12.0. The summed E-state index contributed by atoms with van der Waals surface area (Å²) in [5, 5.41) is 0.986. The van der Waals surface area contributed by atoms with Crippen LogP contribution in [-0.4, -0.2) is 15.5 Å². The first-order valence-electron chi connectivity index (χ1n) is 7.14. The summed E-state index contributed by atoms with van der Waals surface area (Å²) in [6.45, 7) is 0.419. The highest BCUT2D eigenvalue weighted by Crippen LogP contribution is 2.30. The molecule has 2 rings (SSSR count). The van der Waals surface area contributed by atoms with Crippen molar-refractivity contribution in [2.75, 3.05) is 0 Å². The van der Waals surface area contributed by atoms with Crippen molar-refractivity contribution in [3.63, 3.8) is 0 Å². The zero-order valence-corrected chi connectivity index (χ0v) is 13.9. The van der Waals surface area contributed by atoms with Crippen molar-refractivity contribution in [3.05, 3.63) is 52.5 Å². The third-order valence-corrected chi connectivity index (χ3v) is 3.78. The topological polar surface area (TPSA) is 44.1 Å². The van der Waals surface area contributed by atoms with E-state index in [1.54, 1.807) is 36.9 Å². The van der Waals surface area contributed by atoms with Gasteiger partial charge in [0, 0.05) is 40.8 Å². The molecule has 0 saturated heterocycles. The molecule has 0 bridgehead atoms. The smallest absolute Gasteiger partial charge is 0.306 e. The van der Waals surface area contributed by atoms with E-state index in [4.69, 9.17) is 34.4 Å². The van der Waals surface area contributed by atoms with Crippen LogP contribution in [0.5, 0.6) is 0 Å². The van der Waals surface area contributed by atoms with Crippen molar-refractivity contribution >= 4 is 29.2 Å². The van der Waals surface area contributed by atoms with E-state index < -0.39 is 6.10 Å². The van der Waals surface area contributed by atoms with Gasteiger partial charge in [-0.05, 0) is 18.6 Å². The predicted molar refractivity (Wildman–Crippen MR) is 90.2 cm³/mol. The summed E-state index contributed by atoms with van der Waals surface area (Å²) in [4.78, 5) is 16.0. The van der Waals surface area contributed by atoms with Crippen LogP contribution in [0.2, 0.25) is 10.0 Å². The maximum atomic E-state index is 12.0. The van der Waals surface area contributed by atoms with Crippen LogP contribution in [0, 0.1) is 12.3 Å². The van der Waals surface area contributed by atoms with E-state index in [1.165, 1.54) is 0 Å². The summed E-state index contributed by atoms with van der Waals surface area (Å²) in [6, 6.07) is 5.11. The summed E-state index contributed by atoms with van der Waals surface area (Å²) in [5.74, 6) is 2.19. The Labute approximate surface area is 145 Å². The van der Waals surface area contributed by atoms with E-state index in [-0.39, 0.29) is 12.4 Å². The highest BCUT2D eigenvalue weighted by Gasteiger charge is 2.20. The second-order valence-electron chi connectivity index (χ2n) is 4.96. The molecule has 120 valence electrons. The average molecular weight is 351 g/mol. The van der Waals surface area contributed by atoms with Crippen LogP contribution in [0.15, 0.2) is 36.9 Å². The van der Waals surface area contributed by atoms with E-state index in [9.17, 15) is 4.79 Å². The van der Waals surface area contributed by atoms with Crippen molar-refractivity contribution in [3.8, 4) is 12.3 Å². The first-order chi connectivity index (χ1) is 11.1. The Hall–Kier alpha value is -1.96. The van der Waals surface area contributed by atoms with E-state index in [1.807, 2.05) is 4.57 Å². The summed E-state index contributed by atoms with van der Waals surface area (Å²) in [5.41, 5.74) is 0.704. The van der Waals surface area contributed by atoms with Gasteiger partial charge in [0.05, 0.1) is 12.9 Å². The molecular formula is C17H16Cl2N2O2. The second-order valence-corrected chi connectivity index (χ2v) is 5.81. The Morgan fingerprint density at radius 1 is 1.43 bits per heavy atom. The van der Waals surface area contributed by atoms with Gasteiger partial charge in [-0.1, -0.05) is 29.3 Å². The van der Waals surface area contributed by atoms with E-state index in [2.05, 4.69) is 10.9 Å². The number of unbranched alkanes of at least 4 members (excludes halogenated alkanes) is 1. The molecule has 2 aromatic rings. The summed E-state index contributed by atoms with van der Waals surface area (Å²) in [7, 11) is 0. The summed E-state index contributed by atoms with van der Waals surface area (Å²) in [6.07, 6.45) is 11.2. The molecule has 4 nitrogen and oxygen atoms in total. The quantitative estimate of drug-likeness (QED) is 0.425. The summed E-state index contributed by atoms with van der Waals surface area (Å²) < 4.78 is 7.42. The molecule has 0 amide bonds. The maximum Gasteiger partial charge on any atom is 0.306 e. The van der Waals surface area contributed by atoms with Crippen molar-refractivity contribution in [2.45, 2.75) is 31.9 Å². The lowest BCUT2D eigenvalue weighted by Gasteiger charge is -2.20. The molecule has 1 aromatic carbocycles. The van der Waals surface area contributed by atoms with Gasteiger partial charge in [0.2, 0.25) is 0 Å². The molecular weight excluding hydrogens is 335 g/mol. The first kappa shape index (κ1) is 17.4. The zero-order chi connectivity index (χ0) is 16.7. The fraction of sp³-hybridized carbons (Fsp3) is 0.294. The van der Waals surface area contributed by atoms with Crippen LogP contribution in [0.1, 0.15) is 30.9 Å². The molecule has 0 radical (unpaired) electrons. The normalized spacial score (nSPS) is 11.7. The SMILES string of the molecule is C#CCCCC(=O)OC(Cn1ccnc1)c1ccc(Cl)cc1Cl. The number of rotatable bonds is 7. The molecule has 23 heavy (non-hydrogen) atoms. The number of nitrogens with zero attached hydrogens (tertiary/aromatic N) is 2. The van der Waals surface area contributed by atoms with Crippen molar-refractivity contribution in [1.82, 2.24) is 9.55 Å². The van der Waals surface area contributed by atoms with Crippen molar-refractivity contribution < 1.29 is 9.53 Å². The lowest BCUT2D eigenvalue weighted by Crippen LogP contribution is -2.16. The van der Waals surface area contributed by atoms with Crippen molar-refractivity contribution in [1.29, 1.82) is 0 Å². The molecule has 1 aromatic heterocycles. The minimum Gasteiger partial charge on any atom is -0.455 e. The number of esters is 1. The van der Waals surface area contributed by atoms with Gasteiger partial charge in [0.15, 0.2) is 0 Å². The molecule has 0 N–H and O–H groups in total. The van der Waals surface area contributed by atoms with Crippen LogP contribution in [0.25, 0.3) is 0 Å². The Kier molecular flexibility index (Phi) is 6.52. The third-order valence-electron chi connectivity index (χ3n) is 3.22. The number of imidazole rings is 1. The molecule has 1 unspecified atom stereocenters. The number of aromatic nitrogens is 2. The molecule has 1 heterocycles. The Bertz CT molecular complexity index is 693. The van der Waals surface area contributed by atoms with Gasteiger partial charge < -0.3 is 9.30 Å². The molecule has 0 saturated carbocycles. The number of hydrogen-bond donors (Lipinski definition) is 0. The number of halogens is 2. The fourth-order valence-corrected chi connectivity index (χ4v) is 2.63. The second kappa shape index (κ2) is 8.61. The van der Waals surface area contributed by atoms with Crippen LogP contribution in [0.3, 0.4) is 0 Å². The number of ether oxygens (including phenoxy) is 1. The minimum atomic E-state index is -0.521. The standard InChI is InChI=1S/C17H16Cl2N2O2/c1-2-3-4-5-17(22)23-16(11-21-9-8-20-12-21)14-7-6-13(18)10-15(14)19/h1,6-10,12,16H,3-5,11H2. The molecule has 0 aliphatic carbocycles.